The van der Waals surface area contributed by atoms with Crippen molar-refractivity contribution in [2.75, 3.05) is 0 Å². The Morgan fingerprint density at radius 2 is 1.10 bits per heavy atom. The van der Waals surface area contributed by atoms with Crippen LogP contribution in [0, 0.1) is 0 Å². The fourth-order valence-corrected chi connectivity index (χ4v) is 38.7. The van der Waals surface area contributed by atoms with E-state index in [0.29, 0.717) is 11.1 Å². The summed E-state index contributed by atoms with van der Waals surface area (Å²) in [6.45, 7) is 24.6. The van der Waals surface area contributed by atoms with Gasteiger partial charge in [-0.15, -0.1) is 0 Å². The fraction of sp³-hybridized carbons (Fsp3) is 0.875. The van der Waals surface area contributed by atoms with E-state index in [4.69, 9.17) is 0 Å². The van der Waals surface area contributed by atoms with Crippen LogP contribution in [-0.4, -0.2) is 40.2 Å². The van der Waals surface area contributed by atoms with E-state index in [1.165, 1.54) is 10.5 Å². The van der Waals surface area contributed by atoms with Crippen LogP contribution in [0.5, 0.6) is 0 Å². The third-order valence-electron chi connectivity index (χ3n) is 5.09. The predicted molar refractivity (Wildman–Crippen MR) is 94.4 cm³/mol. The Morgan fingerprint density at radius 3 is 1.35 bits per heavy atom. The van der Waals surface area contributed by atoms with Crippen molar-refractivity contribution in [2.24, 2.45) is 0 Å². The third-order valence-corrected chi connectivity index (χ3v) is 30.7. The molecule has 1 spiro atoms. The topological polar surface area (TPSA) is 6.48 Å². The molecule has 0 unspecified atom stereocenters. The zero-order chi connectivity index (χ0) is 15.7. The van der Waals surface area contributed by atoms with Gasteiger partial charge in [0, 0.05) is 0 Å². The molecule has 0 aromatic carbocycles. The maximum atomic E-state index is 3.09. The molecule has 0 radical (unpaired) electrons. The van der Waals surface area contributed by atoms with E-state index in [1.807, 2.05) is 0 Å². The van der Waals surface area contributed by atoms with Crippen molar-refractivity contribution in [3.8, 4) is 0 Å². The van der Waals surface area contributed by atoms with E-state index in [1.54, 1.807) is 11.1 Å². The first-order valence-electron chi connectivity index (χ1n) is 8.01. The Labute approximate surface area is 130 Å². The molecule has 1 fully saturated rings. The first-order chi connectivity index (χ1) is 8.74. The van der Waals surface area contributed by atoms with Crippen LogP contribution in [0.1, 0.15) is 55.4 Å². The van der Waals surface area contributed by atoms with Crippen molar-refractivity contribution in [3.63, 3.8) is 0 Å². The number of rotatable bonds is 0. The molecular weight excluding hydrogens is 321 g/mol. The van der Waals surface area contributed by atoms with Crippen LogP contribution in [0.15, 0.2) is 11.1 Å². The monoisotopic (exact) mass is 356 g/mol. The zero-order valence-corrected chi connectivity index (χ0v) is 18.4. The van der Waals surface area contributed by atoms with Crippen LogP contribution in [0.3, 0.4) is 0 Å². The molecule has 2 rings (SSSR count). The summed E-state index contributed by atoms with van der Waals surface area (Å²) in [5, 5.41) is 2.83. The second-order valence-electron chi connectivity index (χ2n) is 9.40. The van der Waals surface area contributed by atoms with Crippen LogP contribution >= 0.6 is 0 Å². The quantitative estimate of drug-likeness (QED) is 0.459. The van der Waals surface area contributed by atoms with Crippen LogP contribution in [0.2, 0.25) is 23.6 Å². The van der Waals surface area contributed by atoms with Crippen molar-refractivity contribution >= 4 is 22.1 Å². The second kappa shape index (κ2) is 4.46. The fourth-order valence-electron chi connectivity index (χ4n) is 5.59. The van der Waals surface area contributed by atoms with Gasteiger partial charge in [-0.05, 0) is 0 Å². The second-order valence-corrected chi connectivity index (χ2v) is 22.6. The van der Waals surface area contributed by atoms with Gasteiger partial charge in [-0.3, -0.25) is 0 Å². The molecule has 1 saturated heterocycles. The summed E-state index contributed by atoms with van der Waals surface area (Å²) in [7, 11) is -1.45. The molecule has 2 heterocycles. The molecule has 0 N–H and O–H groups in total. The van der Waals surface area contributed by atoms with Gasteiger partial charge in [0.05, 0.1) is 0 Å². The van der Waals surface area contributed by atoms with Crippen molar-refractivity contribution in [2.45, 2.75) is 90.1 Å². The van der Waals surface area contributed by atoms with Gasteiger partial charge in [0.15, 0.2) is 0 Å². The molecule has 0 amide bonds. The molecule has 2 nitrogen and oxygen atoms in total. The van der Waals surface area contributed by atoms with Gasteiger partial charge in [-0.25, -0.2) is 0 Å². The van der Waals surface area contributed by atoms with Crippen molar-refractivity contribution < 1.29 is 0 Å². The molecule has 0 atom stereocenters. The average Bonchev–Trinajstić information content (AvgIpc) is 2.34. The zero-order valence-electron chi connectivity index (χ0n) is 15.3. The van der Waals surface area contributed by atoms with E-state index in [2.05, 4.69) is 75.5 Å². The number of hydrogen-bond donors (Lipinski definition) is 0. The SMILES string of the molecule is CC1=C(C)[CH2][Ge]2([CH2]1)[N](C(C)(C)C)[Si](C)(C)[N]2C(C)(C)C. The van der Waals surface area contributed by atoms with Gasteiger partial charge in [0.25, 0.3) is 0 Å². The molecule has 20 heavy (non-hydrogen) atoms. The van der Waals surface area contributed by atoms with E-state index in [0.717, 1.165) is 0 Å². The first kappa shape index (κ1) is 16.8. The Balaban J connectivity index is 2.51. The van der Waals surface area contributed by atoms with E-state index in [-0.39, 0.29) is 0 Å². The molecule has 0 aromatic heterocycles. The molecule has 0 aromatic rings. The van der Waals surface area contributed by atoms with Gasteiger partial charge in [-0.1, -0.05) is 0 Å². The van der Waals surface area contributed by atoms with Crippen LogP contribution in [0.25, 0.3) is 0 Å². The summed E-state index contributed by atoms with van der Waals surface area (Å²) < 4.78 is 6.18. The maximum absolute atomic E-state index is 3.09. The van der Waals surface area contributed by atoms with Gasteiger partial charge in [0.2, 0.25) is 0 Å². The number of nitrogens with zero attached hydrogens (tertiary/aromatic N) is 2. The summed E-state index contributed by atoms with van der Waals surface area (Å²) in [5.74, 6) is 0. The molecule has 0 saturated carbocycles. The van der Waals surface area contributed by atoms with E-state index in [9.17, 15) is 0 Å². The molecule has 0 bridgehead atoms. The van der Waals surface area contributed by atoms with Gasteiger partial charge >= 0.3 is 130 Å². The van der Waals surface area contributed by atoms with Gasteiger partial charge in [0.1, 0.15) is 0 Å². The minimum absolute atomic E-state index is 0.336. The van der Waals surface area contributed by atoms with Crippen molar-refractivity contribution in [1.82, 2.24) is 7.05 Å². The van der Waals surface area contributed by atoms with E-state index >= 15 is 0 Å². The summed E-state index contributed by atoms with van der Waals surface area (Å²) in [6.07, 6.45) is 0. The van der Waals surface area contributed by atoms with Gasteiger partial charge in [-0.2, -0.15) is 0 Å². The summed E-state index contributed by atoms with van der Waals surface area (Å²) in [4.78, 5) is 0. The van der Waals surface area contributed by atoms with E-state index < -0.39 is 22.1 Å². The number of hydrogen-bond acceptors (Lipinski definition) is 2. The standard InChI is InChI=1S/C16H34GeN2Si/c1-13-11-17(12-14(13)2)18(15(3,4)5)20(9,10)19(17)16(6,7)8/h11-12H2,1-10H3. The summed E-state index contributed by atoms with van der Waals surface area (Å²) >= 11 is -2.14. The Bertz CT molecular complexity index is 414. The Hall–Kier alpha value is 0.420. The Kier molecular flexibility index (Phi) is 3.75. The van der Waals surface area contributed by atoms with Gasteiger partial charge < -0.3 is 0 Å². The molecule has 2 aliphatic heterocycles. The van der Waals surface area contributed by atoms with Crippen molar-refractivity contribution in [3.05, 3.63) is 11.1 Å². The van der Waals surface area contributed by atoms with Crippen LogP contribution in [0.4, 0.5) is 0 Å². The first-order valence-corrected chi connectivity index (χ1v) is 15.7. The average molecular weight is 355 g/mol. The molecule has 2 aliphatic rings. The third kappa shape index (κ3) is 2.20. The summed E-state index contributed by atoms with van der Waals surface area (Å²) in [6, 6.07) is 0. The predicted octanol–water partition coefficient (Wildman–Crippen LogP) is 4.70. The number of allylic oxidation sites excluding steroid dienone is 2. The van der Waals surface area contributed by atoms with Crippen molar-refractivity contribution in [1.29, 1.82) is 0 Å². The molecule has 0 aliphatic carbocycles. The van der Waals surface area contributed by atoms with Crippen LogP contribution in [-0.2, 0) is 0 Å². The normalized spacial score (nSPS) is 27.3. The molecular formula is C16H34GeN2Si. The molecule has 4 heteroatoms. The molecule has 116 valence electrons. The Morgan fingerprint density at radius 1 is 0.800 bits per heavy atom. The minimum atomic E-state index is -2.14. The van der Waals surface area contributed by atoms with Crippen LogP contribution < -0.4 is 0 Å². The summed E-state index contributed by atoms with van der Waals surface area (Å²) in [5.41, 5.74) is 4.06.